The van der Waals surface area contributed by atoms with Gasteiger partial charge in [-0.2, -0.15) is 0 Å². The minimum Gasteiger partial charge on any atom is -0.355 e. The van der Waals surface area contributed by atoms with E-state index in [9.17, 15) is 18.0 Å². The molecule has 0 aliphatic carbocycles. The van der Waals surface area contributed by atoms with Gasteiger partial charge < -0.3 is 10.2 Å². The quantitative estimate of drug-likeness (QED) is 0.154. The van der Waals surface area contributed by atoms with Crippen molar-refractivity contribution in [2.75, 3.05) is 23.7 Å². The molecule has 0 heterocycles. The molecule has 4 aromatic rings. The zero-order valence-electron chi connectivity index (χ0n) is 25.2. The Bertz CT molecular complexity index is 1700. The fraction of sp³-hybridized carbons (Fsp3) is 0.235. The van der Waals surface area contributed by atoms with Crippen LogP contribution in [0, 0.1) is 6.92 Å². The van der Waals surface area contributed by atoms with Gasteiger partial charge in [0.1, 0.15) is 12.6 Å². The Balaban J connectivity index is 1.82. The molecule has 1 atom stereocenters. The predicted octanol–water partition coefficient (Wildman–Crippen LogP) is 7.00. The Morgan fingerprint density at radius 2 is 1.49 bits per heavy atom. The van der Waals surface area contributed by atoms with Crippen molar-refractivity contribution in [1.29, 1.82) is 0 Å². The fourth-order valence-corrected chi connectivity index (χ4v) is 7.15. The smallest absolute Gasteiger partial charge is 0.264 e. The lowest BCUT2D eigenvalue weighted by atomic mass is 10.0. The lowest BCUT2D eigenvalue weighted by Gasteiger charge is -2.34. The third-order valence-electron chi connectivity index (χ3n) is 7.26. The highest BCUT2D eigenvalue weighted by Gasteiger charge is 2.35. The van der Waals surface area contributed by atoms with Gasteiger partial charge in [0.25, 0.3) is 10.0 Å². The van der Waals surface area contributed by atoms with Crippen molar-refractivity contribution in [3.05, 3.63) is 124 Å². The average molecular weight is 685 g/mol. The highest BCUT2D eigenvalue weighted by Crippen LogP contribution is 2.29. The van der Waals surface area contributed by atoms with E-state index in [2.05, 4.69) is 5.32 Å². The van der Waals surface area contributed by atoms with Crippen molar-refractivity contribution in [2.24, 2.45) is 0 Å². The summed E-state index contributed by atoms with van der Waals surface area (Å²) < 4.78 is 29.4. The third kappa shape index (κ3) is 8.61. The molecule has 0 unspecified atom stereocenters. The highest BCUT2D eigenvalue weighted by molar-refractivity contribution is 7.98. The Morgan fingerprint density at radius 1 is 0.867 bits per heavy atom. The normalized spacial score (nSPS) is 11.9. The number of likely N-dealkylation sites (N-methyl/N-ethyl adjacent to an activating group) is 1. The second-order valence-corrected chi connectivity index (χ2v) is 13.9. The molecule has 1 N–H and O–H groups in total. The standard InChI is InChI=1S/C34H35Cl2N3O4S2/c1-4-37-34(41)32(21-25-9-6-5-7-10-25)38(22-29-30(35)11-8-12-31(29)36)33(40)23-39(26-15-13-24(2)14-16-26)45(42,43)28-19-17-27(44-3)18-20-28/h5-20,32H,4,21-23H2,1-3H3,(H,37,41)/t32-/m1/s1. The number of carbonyl (C=O) groups is 2. The van der Waals surface area contributed by atoms with E-state index in [-0.39, 0.29) is 23.8 Å². The minimum atomic E-state index is -4.20. The van der Waals surface area contributed by atoms with E-state index in [4.69, 9.17) is 23.2 Å². The largest absolute Gasteiger partial charge is 0.355 e. The first-order valence-electron chi connectivity index (χ1n) is 14.3. The summed E-state index contributed by atoms with van der Waals surface area (Å²) in [7, 11) is -4.20. The summed E-state index contributed by atoms with van der Waals surface area (Å²) in [6, 6.07) is 26.8. The van der Waals surface area contributed by atoms with Gasteiger partial charge in [-0.3, -0.25) is 13.9 Å². The van der Waals surface area contributed by atoms with Gasteiger partial charge in [-0.05, 0) is 74.2 Å². The molecule has 2 amide bonds. The van der Waals surface area contributed by atoms with Crippen molar-refractivity contribution in [3.8, 4) is 0 Å². The molecule has 4 rings (SSSR count). The van der Waals surface area contributed by atoms with E-state index in [0.29, 0.717) is 27.8 Å². The van der Waals surface area contributed by atoms with Crippen LogP contribution >= 0.6 is 35.0 Å². The van der Waals surface area contributed by atoms with Crippen LogP contribution in [0.2, 0.25) is 10.0 Å². The van der Waals surface area contributed by atoms with Gasteiger partial charge in [0.15, 0.2) is 0 Å². The Kier molecular flexibility index (Phi) is 12.0. The van der Waals surface area contributed by atoms with Gasteiger partial charge in [0.05, 0.1) is 10.6 Å². The van der Waals surface area contributed by atoms with Crippen molar-refractivity contribution < 1.29 is 18.0 Å². The summed E-state index contributed by atoms with van der Waals surface area (Å²) in [6.07, 6.45) is 2.09. The molecule has 0 aliphatic heterocycles. The summed E-state index contributed by atoms with van der Waals surface area (Å²) in [6.45, 7) is 3.35. The number of sulfonamides is 1. The number of benzene rings is 4. The van der Waals surface area contributed by atoms with Crippen LogP contribution in [0.25, 0.3) is 0 Å². The maximum atomic E-state index is 14.5. The van der Waals surface area contributed by atoms with Gasteiger partial charge in [-0.25, -0.2) is 8.42 Å². The molecule has 11 heteroatoms. The molecule has 0 fully saturated rings. The first-order valence-corrected chi connectivity index (χ1v) is 17.7. The second-order valence-electron chi connectivity index (χ2n) is 10.3. The Labute approximate surface area is 279 Å². The first kappa shape index (κ1) is 34.4. The van der Waals surface area contributed by atoms with Crippen molar-refractivity contribution in [3.63, 3.8) is 0 Å². The molecule has 0 bridgehead atoms. The Hall–Kier alpha value is -3.50. The summed E-state index contributed by atoms with van der Waals surface area (Å²) in [4.78, 5) is 30.4. The SMILES string of the molecule is CCNC(=O)[C@@H](Cc1ccccc1)N(Cc1c(Cl)cccc1Cl)C(=O)CN(c1ccc(C)cc1)S(=O)(=O)c1ccc(SC)cc1. The van der Waals surface area contributed by atoms with E-state index in [1.165, 1.54) is 28.8 Å². The van der Waals surface area contributed by atoms with Gasteiger partial charge in [-0.15, -0.1) is 11.8 Å². The molecule has 0 aromatic heterocycles. The van der Waals surface area contributed by atoms with E-state index >= 15 is 0 Å². The summed E-state index contributed by atoms with van der Waals surface area (Å²) in [5, 5.41) is 3.49. The number of hydrogen-bond acceptors (Lipinski definition) is 5. The van der Waals surface area contributed by atoms with Crippen LogP contribution in [0.1, 0.15) is 23.6 Å². The molecule has 0 radical (unpaired) electrons. The molecule has 45 heavy (non-hydrogen) atoms. The summed E-state index contributed by atoms with van der Waals surface area (Å²) >= 11 is 14.6. The van der Waals surface area contributed by atoms with Crippen LogP contribution in [-0.2, 0) is 32.6 Å². The molecular weight excluding hydrogens is 649 g/mol. The maximum absolute atomic E-state index is 14.5. The van der Waals surface area contributed by atoms with Crippen LogP contribution in [0.15, 0.2) is 107 Å². The number of carbonyl (C=O) groups excluding carboxylic acids is 2. The van der Waals surface area contributed by atoms with Gasteiger partial charge in [0, 0.05) is 40.0 Å². The number of nitrogens with zero attached hydrogens (tertiary/aromatic N) is 2. The number of amides is 2. The number of thioether (sulfide) groups is 1. The number of halogens is 2. The molecule has 0 saturated carbocycles. The van der Waals surface area contributed by atoms with Gasteiger partial charge >= 0.3 is 0 Å². The van der Waals surface area contributed by atoms with Crippen LogP contribution in [0.5, 0.6) is 0 Å². The maximum Gasteiger partial charge on any atom is 0.264 e. The summed E-state index contributed by atoms with van der Waals surface area (Å²) in [5.74, 6) is -0.974. The predicted molar refractivity (Wildman–Crippen MR) is 184 cm³/mol. The van der Waals surface area contributed by atoms with Gasteiger partial charge in [-0.1, -0.05) is 77.3 Å². The van der Waals surface area contributed by atoms with Crippen LogP contribution < -0.4 is 9.62 Å². The van der Waals surface area contributed by atoms with E-state index in [1.54, 1.807) is 61.5 Å². The van der Waals surface area contributed by atoms with Crippen molar-refractivity contribution in [2.45, 2.75) is 42.6 Å². The third-order valence-corrected chi connectivity index (χ3v) is 10.5. The molecular formula is C34H35Cl2N3O4S2. The molecule has 7 nitrogen and oxygen atoms in total. The molecule has 236 valence electrons. The number of nitrogens with one attached hydrogen (secondary N) is 1. The van der Waals surface area contributed by atoms with Crippen molar-refractivity contribution >= 4 is 62.5 Å². The zero-order valence-corrected chi connectivity index (χ0v) is 28.4. The second kappa shape index (κ2) is 15.7. The zero-order chi connectivity index (χ0) is 32.6. The monoisotopic (exact) mass is 683 g/mol. The molecule has 0 saturated heterocycles. The van der Waals surface area contributed by atoms with E-state index in [1.807, 2.05) is 43.5 Å². The molecule has 4 aromatic carbocycles. The first-order chi connectivity index (χ1) is 21.5. The number of rotatable bonds is 13. The lowest BCUT2D eigenvalue weighted by Crippen LogP contribution is -2.53. The number of hydrogen-bond donors (Lipinski definition) is 1. The molecule has 0 aliphatic rings. The van der Waals surface area contributed by atoms with Crippen molar-refractivity contribution in [1.82, 2.24) is 10.2 Å². The lowest BCUT2D eigenvalue weighted by molar-refractivity contribution is -0.140. The Morgan fingerprint density at radius 3 is 2.07 bits per heavy atom. The minimum absolute atomic E-state index is 0.0407. The fourth-order valence-electron chi connectivity index (χ4n) is 4.81. The topological polar surface area (TPSA) is 86.8 Å². The number of aryl methyl sites for hydroxylation is 1. The summed E-state index contributed by atoms with van der Waals surface area (Å²) in [5.41, 5.74) is 2.53. The van der Waals surface area contributed by atoms with Crippen LogP contribution in [0.3, 0.4) is 0 Å². The average Bonchev–Trinajstić information content (AvgIpc) is 3.03. The molecule has 0 spiro atoms. The highest BCUT2D eigenvalue weighted by atomic mass is 35.5. The van der Waals surface area contributed by atoms with E-state index < -0.39 is 28.5 Å². The van der Waals surface area contributed by atoms with Gasteiger partial charge in [0.2, 0.25) is 11.8 Å². The van der Waals surface area contributed by atoms with Crippen LogP contribution in [-0.4, -0.2) is 50.5 Å². The number of anilines is 1. The van der Waals surface area contributed by atoms with Crippen LogP contribution in [0.4, 0.5) is 5.69 Å². The van der Waals surface area contributed by atoms with E-state index in [0.717, 1.165) is 20.3 Å².